The minimum atomic E-state index is -3.59. The van der Waals surface area contributed by atoms with Crippen molar-refractivity contribution in [3.63, 3.8) is 0 Å². The Balaban J connectivity index is 1.64. The maximum atomic E-state index is 13.1. The summed E-state index contributed by atoms with van der Waals surface area (Å²) >= 11 is 2.55. The van der Waals surface area contributed by atoms with Gasteiger partial charge in [-0.1, -0.05) is 23.3 Å². The molecule has 1 aromatic carbocycles. The Morgan fingerprint density at radius 1 is 1.38 bits per heavy atom. The minimum absolute atomic E-state index is 0.136. The van der Waals surface area contributed by atoms with Crippen molar-refractivity contribution in [1.82, 2.24) is 8.87 Å². The van der Waals surface area contributed by atoms with Crippen molar-refractivity contribution >= 4 is 48.8 Å². The van der Waals surface area contributed by atoms with Crippen molar-refractivity contribution in [3.05, 3.63) is 40.5 Å². The largest absolute Gasteiger partial charge is 0.494 e. The molecule has 4 rings (SSSR count). The highest BCUT2D eigenvalue weighted by Gasteiger charge is 2.33. The van der Waals surface area contributed by atoms with E-state index >= 15 is 0 Å². The molecule has 1 amide bonds. The molecule has 7 nitrogen and oxygen atoms in total. The van der Waals surface area contributed by atoms with Crippen LogP contribution in [0, 0.1) is 18.3 Å². The van der Waals surface area contributed by atoms with Gasteiger partial charge in [-0.05, 0) is 49.4 Å². The fraction of sp³-hybridized carbons (Fsp3) is 0.364. The summed E-state index contributed by atoms with van der Waals surface area (Å²) in [6.07, 6.45) is 6.77. The van der Waals surface area contributed by atoms with E-state index in [0.717, 1.165) is 16.0 Å². The van der Waals surface area contributed by atoms with Gasteiger partial charge in [-0.3, -0.25) is 4.79 Å². The lowest BCUT2D eigenvalue weighted by Crippen LogP contribution is -2.42. The van der Waals surface area contributed by atoms with Crippen LogP contribution in [0.4, 0.5) is 0 Å². The minimum Gasteiger partial charge on any atom is -0.494 e. The van der Waals surface area contributed by atoms with Crippen LogP contribution in [-0.2, 0) is 21.4 Å². The molecule has 2 aromatic heterocycles. The number of terminal acetylenes is 1. The van der Waals surface area contributed by atoms with Crippen LogP contribution < -0.4 is 9.54 Å². The number of amides is 1. The van der Waals surface area contributed by atoms with Crippen LogP contribution in [0.25, 0.3) is 10.2 Å². The lowest BCUT2D eigenvalue weighted by molar-refractivity contribution is -0.122. The quantitative estimate of drug-likeness (QED) is 0.498. The first kappa shape index (κ1) is 22.7. The fourth-order valence-electron chi connectivity index (χ4n) is 3.72. The van der Waals surface area contributed by atoms with Crippen molar-refractivity contribution in [1.29, 1.82) is 0 Å². The van der Waals surface area contributed by atoms with Gasteiger partial charge in [-0.25, -0.2) is 8.42 Å². The molecule has 1 fully saturated rings. The predicted molar refractivity (Wildman–Crippen MR) is 126 cm³/mol. The first-order chi connectivity index (χ1) is 15.4. The number of thiazole rings is 1. The number of sulfonamides is 1. The summed E-state index contributed by atoms with van der Waals surface area (Å²) in [4.78, 5) is 18.0. The van der Waals surface area contributed by atoms with E-state index in [4.69, 9.17) is 11.2 Å². The standard InChI is InChI=1S/C22H23N3O4S3/c1-3-11-25-18-10-9-17(29-4-2)14-19(18)31-22(25)23-21(26)16-7-5-12-24(15-16)32(27,28)20-8-6-13-30-20/h1,6,8-10,13-14,16H,4-5,7,11-12,15H2,2H3. The molecule has 0 spiro atoms. The van der Waals surface area contributed by atoms with E-state index in [1.54, 1.807) is 17.5 Å². The number of rotatable bonds is 6. The molecule has 1 aliphatic rings. The molecular weight excluding hydrogens is 466 g/mol. The average Bonchev–Trinajstić information content (AvgIpc) is 3.44. The molecule has 0 N–H and O–H groups in total. The van der Waals surface area contributed by atoms with Gasteiger partial charge in [0.2, 0.25) is 0 Å². The lowest BCUT2D eigenvalue weighted by atomic mass is 9.99. The third-order valence-corrected chi connectivity index (χ3v) is 9.52. The zero-order valence-corrected chi connectivity index (χ0v) is 20.0. The van der Waals surface area contributed by atoms with Crippen LogP contribution >= 0.6 is 22.7 Å². The summed E-state index contributed by atoms with van der Waals surface area (Å²) in [5, 5.41) is 1.73. The van der Waals surface area contributed by atoms with E-state index in [0.29, 0.717) is 35.0 Å². The SMILES string of the molecule is C#CCn1c(=NC(=O)C2CCCN(S(=O)(=O)c3cccs3)C2)sc2cc(OCC)ccc21. The Morgan fingerprint density at radius 3 is 2.94 bits per heavy atom. The Labute approximate surface area is 195 Å². The van der Waals surface area contributed by atoms with Crippen molar-refractivity contribution < 1.29 is 17.9 Å². The number of carbonyl (C=O) groups is 1. The number of nitrogens with zero attached hydrogens (tertiary/aromatic N) is 3. The molecule has 1 saturated heterocycles. The van der Waals surface area contributed by atoms with E-state index in [9.17, 15) is 13.2 Å². The van der Waals surface area contributed by atoms with Gasteiger partial charge in [0.1, 0.15) is 9.96 Å². The van der Waals surface area contributed by atoms with E-state index in [2.05, 4.69) is 10.9 Å². The topological polar surface area (TPSA) is 81.0 Å². The number of aromatic nitrogens is 1. The molecular formula is C22H23N3O4S3. The molecule has 1 aliphatic heterocycles. The molecule has 32 heavy (non-hydrogen) atoms. The van der Waals surface area contributed by atoms with Crippen molar-refractivity contribution in [2.45, 2.75) is 30.5 Å². The van der Waals surface area contributed by atoms with Crippen LogP contribution in [0.3, 0.4) is 0 Å². The second-order valence-electron chi connectivity index (χ2n) is 7.32. The monoisotopic (exact) mass is 489 g/mol. The van der Waals surface area contributed by atoms with E-state index in [1.165, 1.54) is 27.0 Å². The zero-order chi connectivity index (χ0) is 22.7. The average molecular weight is 490 g/mol. The Hall–Kier alpha value is -2.45. The van der Waals surface area contributed by atoms with Gasteiger partial charge in [-0.2, -0.15) is 9.30 Å². The smallest absolute Gasteiger partial charge is 0.252 e. The molecule has 10 heteroatoms. The second kappa shape index (κ2) is 9.58. The number of fused-ring (bicyclic) bond motifs is 1. The van der Waals surface area contributed by atoms with Crippen LogP contribution in [0.2, 0.25) is 0 Å². The van der Waals surface area contributed by atoms with Gasteiger partial charge in [0.05, 0.1) is 29.3 Å². The maximum Gasteiger partial charge on any atom is 0.252 e. The molecule has 1 unspecified atom stereocenters. The first-order valence-corrected chi connectivity index (χ1v) is 13.4. The van der Waals surface area contributed by atoms with Crippen LogP contribution in [0.5, 0.6) is 5.75 Å². The summed E-state index contributed by atoms with van der Waals surface area (Å²) in [5.41, 5.74) is 0.883. The number of benzene rings is 1. The van der Waals surface area contributed by atoms with Crippen LogP contribution in [-0.4, -0.2) is 42.9 Å². The normalized spacial score (nSPS) is 18.0. The third-order valence-electron chi connectivity index (χ3n) is 5.24. The summed E-state index contributed by atoms with van der Waals surface area (Å²) in [5.74, 6) is 2.56. The van der Waals surface area contributed by atoms with Gasteiger partial charge >= 0.3 is 0 Å². The Morgan fingerprint density at radius 2 is 2.22 bits per heavy atom. The molecule has 0 radical (unpaired) electrons. The van der Waals surface area contributed by atoms with E-state index in [-0.39, 0.29) is 19.0 Å². The molecule has 0 bridgehead atoms. The number of piperidine rings is 1. The Kier molecular flexibility index (Phi) is 6.81. The van der Waals surface area contributed by atoms with E-state index in [1.807, 2.05) is 29.7 Å². The molecule has 0 aliphatic carbocycles. The highest BCUT2D eigenvalue weighted by molar-refractivity contribution is 7.91. The number of carbonyl (C=O) groups excluding carboxylic acids is 1. The molecule has 168 valence electrons. The summed E-state index contributed by atoms with van der Waals surface area (Å²) < 4.78 is 35.8. The summed E-state index contributed by atoms with van der Waals surface area (Å²) in [7, 11) is -3.59. The molecule has 1 atom stereocenters. The molecule has 3 heterocycles. The highest BCUT2D eigenvalue weighted by atomic mass is 32.2. The van der Waals surface area contributed by atoms with E-state index < -0.39 is 15.9 Å². The number of thiophene rings is 1. The number of ether oxygens (including phenoxy) is 1. The third kappa shape index (κ3) is 4.52. The van der Waals surface area contributed by atoms with Crippen LogP contribution in [0.1, 0.15) is 19.8 Å². The molecule has 0 saturated carbocycles. The van der Waals surface area contributed by atoms with Crippen LogP contribution in [0.15, 0.2) is 44.9 Å². The number of hydrogen-bond donors (Lipinski definition) is 0. The van der Waals surface area contributed by atoms with Crippen molar-refractivity contribution in [3.8, 4) is 18.1 Å². The molecule has 3 aromatic rings. The van der Waals surface area contributed by atoms with Gasteiger partial charge in [0, 0.05) is 13.1 Å². The van der Waals surface area contributed by atoms with Gasteiger partial charge in [-0.15, -0.1) is 17.8 Å². The summed E-state index contributed by atoms with van der Waals surface area (Å²) in [6, 6.07) is 8.99. The summed E-state index contributed by atoms with van der Waals surface area (Å²) in [6.45, 7) is 3.30. The number of hydrogen-bond acceptors (Lipinski definition) is 6. The second-order valence-corrected chi connectivity index (χ2v) is 11.4. The van der Waals surface area contributed by atoms with Crippen molar-refractivity contribution in [2.24, 2.45) is 10.9 Å². The van der Waals surface area contributed by atoms with Gasteiger partial charge < -0.3 is 9.30 Å². The predicted octanol–water partition coefficient (Wildman–Crippen LogP) is 3.32. The first-order valence-electron chi connectivity index (χ1n) is 10.3. The highest BCUT2D eigenvalue weighted by Crippen LogP contribution is 2.27. The van der Waals surface area contributed by atoms with Gasteiger partial charge in [0.25, 0.3) is 15.9 Å². The van der Waals surface area contributed by atoms with Crippen molar-refractivity contribution in [2.75, 3.05) is 19.7 Å². The zero-order valence-electron chi connectivity index (χ0n) is 17.6. The lowest BCUT2D eigenvalue weighted by Gasteiger charge is -2.29. The Bertz CT molecular complexity index is 1330. The fourth-order valence-corrected chi connectivity index (χ4v) is 7.46. The van der Waals surface area contributed by atoms with Gasteiger partial charge in [0.15, 0.2) is 4.80 Å². The maximum absolute atomic E-state index is 13.1.